The molecule has 7 nitrogen and oxygen atoms in total. The van der Waals surface area contributed by atoms with Crippen molar-refractivity contribution in [3.05, 3.63) is 89.0 Å². The van der Waals surface area contributed by atoms with Crippen molar-refractivity contribution in [2.45, 2.75) is 45.3 Å². The molecule has 4 N–H and O–H groups in total. The first-order valence-corrected chi connectivity index (χ1v) is 12.2. The van der Waals surface area contributed by atoms with E-state index in [1.807, 2.05) is 36.4 Å². The third-order valence-corrected chi connectivity index (χ3v) is 5.78. The number of unbranched alkanes of at least 4 members (excludes halogenated alkanes) is 1. The summed E-state index contributed by atoms with van der Waals surface area (Å²) in [6.45, 7) is 2.73. The summed E-state index contributed by atoms with van der Waals surface area (Å²) >= 11 is 0. The minimum atomic E-state index is -0.745. The normalized spacial score (nSPS) is 11.8. The number of carbonyl (C=O) groups excluding carboxylic acids is 1. The summed E-state index contributed by atoms with van der Waals surface area (Å²) in [4.78, 5) is 11.2. The predicted octanol–water partition coefficient (Wildman–Crippen LogP) is 4.08. The monoisotopic (exact) mass is 493 g/mol. The molecule has 0 bridgehead atoms. The van der Waals surface area contributed by atoms with E-state index in [0.29, 0.717) is 42.3 Å². The van der Waals surface area contributed by atoms with Crippen molar-refractivity contribution in [2.75, 3.05) is 19.7 Å². The van der Waals surface area contributed by atoms with Gasteiger partial charge < -0.3 is 30.1 Å². The van der Waals surface area contributed by atoms with Crippen molar-refractivity contribution in [3.63, 3.8) is 0 Å². The highest BCUT2D eigenvalue weighted by Gasteiger charge is 2.12. The third kappa shape index (κ3) is 9.00. The number of phenolic OH excluding ortho intramolecular Hbond substituents is 1. The van der Waals surface area contributed by atoms with E-state index >= 15 is 0 Å². The van der Waals surface area contributed by atoms with Crippen molar-refractivity contribution in [3.8, 4) is 17.2 Å². The van der Waals surface area contributed by atoms with Gasteiger partial charge in [0, 0.05) is 19.0 Å². The standard InChI is InChI=1S/C29H35NO6/c1-21(32)36-29-13-10-24(18-25(29)20-31)28(34)19-30-15-14-22-8-11-27(12-9-22)35-16-3-2-5-23-6-4-7-26(33)17-23/h4,6-13,17-18,28,30-31,33-34H,2-3,5,14-16,19-20H2,1H3. The van der Waals surface area contributed by atoms with Gasteiger partial charge in [0.2, 0.25) is 0 Å². The first-order chi connectivity index (χ1) is 17.4. The van der Waals surface area contributed by atoms with Crippen LogP contribution >= 0.6 is 0 Å². The van der Waals surface area contributed by atoms with Crippen LogP contribution in [0.15, 0.2) is 66.7 Å². The molecule has 0 aliphatic carbocycles. The summed E-state index contributed by atoms with van der Waals surface area (Å²) < 4.78 is 10.9. The van der Waals surface area contributed by atoms with Gasteiger partial charge in [0.05, 0.1) is 19.3 Å². The summed E-state index contributed by atoms with van der Waals surface area (Å²) in [5.41, 5.74) is 3.40. The van der Waals surface area contributed by atoms with Gasteiger partial charge in [0.15, 0.2) is 0 Å². The number of phenols is 1. The van der Waals surface area contributed by atoms with Gasteiger partial charge >= 0.3 is 5.97 Å². The Morgan fingerprint density at radius 2 is 1.78 bits per heavy atom. The second-order valence-electron chi connectivity index (χ2n) is 8.71. The maximum Gasteiger partial charge on any atom is 0.308 e. The Labute approximate surface area is 212 Å². The lowest BCUT2D eigenvalue weighted by atomic mass is 10.0. The molecule has 1 atom stereocenters. The molecule has 1 unspecified atom stereocenters. The Hall–Kier alpha value is -3.39. The molecule has 0 aliphatic rings. The molecule has 0 radical (unpaired) electrons. The van der Waals surface area contributed by atoms with Gasteiger partial charge in [0.1, 0.15) is 17.2 Å². The lowest BCUT2D eigenvalue weighted by molar-refractivity contribution is -0.131. The molecule has 0 spiro atoms. The van der Waals surface area contributed by atoms with Crippen LogP contribution in [0, 0.1) is 0 Å². The molecule has 192 valence electrons. The van der Waals surface area contributed by atoms with Crippen LogP contribution in [0.3, 0.4) is 0 Å². The van der Waals surface area contributed by atoms with Crippen LogP contribution in [0.2, 0.25) is 0 Å². The van der Waals surface area contributed by atoms with Crippen molar-refractivity contribution in [1.82, 2.24) is 5.32 Å². The highest BCUT2D eigenvalue weighted by Crippen LogP contribution is 2.24. The fraction of sp³-hybridized carbons (Fsp3) is 0.345. The summed E-state index contributed by atoms with van der Waals surface area (Å²) in [5.74, 6) is 0.992. The molecule has 0 heterocycles. The molecule has 0 saturated heterocycles. The zero-order valence-electron chi connectivity index (χ0n) is 20.7. The van der Waals surface area contributed by atoms with E-state index in [2.05, 4.69) is 5.32 Å². The molecular formula is C29H35NO6. The largest absolute Gasteiger partial charge is 0.508 e. The number of hydrogen-bond donors (Lipinski definition) is 4. The Morgan fingerprint density at radius 1 is 0.972 bits per heavy atom. The first kappa shape index (κ1) is 27.2. The van der Waals surface area contributed by atoms with Crippen LogP contribution in [0.25, 0.3) is 0 Å². The molecule has 0 amide bonds. The van der Waals surface area contributed by atoms with Gasteiger partial charge in [0.25, 0.3) is 0 Å². The highest BCUT2D eigenvalue weighted by atomic mass is 16.5. The van der Waals surface area contributed by atoms with Crippen molar-refractivity contribution in [2.24, 2.45) is 0 Å². The van der Waals surface area contributed by atoms with Gasteiger partial charge in [-0.05, 0) is 85.3 Å². The molecule has 3 aromatic carbocycles. The lowest BCUT2D eigenvalue weighted by Crippen LogP contribution is -2.23. The van der Waals surface area contributed by atoms with Crippen LogP contribution in [0.1, 0.15) is 48.1 Å². The van der Waals surface area contributed by atoms with Crippen LogP contribution in [0.4, 0.5) is 0 Å². The van der Waals surface area contributed by atoms with Crippen molar-refractivity contribution >= 4 is 5.97 Å². The quantitative estimate of drug-likeness (QED) is 0.152. The van der Waals surface area contributed by atoms with E-state index < -0.39 is 12.1 Å². The Kier molecular flexibility index (Phi) is 10.8. The number of carbonyl (C=O) groups is 1. The number of aromatic hydroxyl groups is 1. The average molecular weight is 494 g/mol. The van der Waals surface area contributed by atoms with E-state index in [0.717, 1.165) is 37.0 Å². The predicted molar refractivity (Wildman–Crippen MR) is 138 cm³/mol. The van der Waals surface area contributed by atoms with E-state index in [4.69, 9.17) is 9.47 Å². The smallest absolute Gasteiger partial charge is 0.308 e. The second-order valence-corrected chi connectivity index (χ2v) is 8.71. The maximum atomic E-state index is 11.2. The Balaban J connectivity index is 1.33. The Morgan fingerprint density at radius 3 is 2.50 bits per heavy atom. The van der Waals surface area contributed by atoms with Gasteiger partial charge in [-0.15, -0.1) is 0 Å². The number of rotatable bonds is 14. The molecule has 3 aromatic rings. The molecule has 0 aliphatic heterocycles. The highest BCUT2D eigenvalue weighted by molar-refractivity contribution is 5.69. The van der Waals surface area contributed by atoms with Crippen LogP contribution in [-0.2, 0) is 24.2 Å². The number of aliphatic hydroxyl groups is 2. The minimum absolute atomic E-state index is 0.282. The van der Waals surface area contributed by atoms with Crippen LogP contribution in [0.5, 0.6) is 17.2 Å². The lowest BCUT2D eigenvalue weighted by Gasteiger charge is -2.15. The zero-order chi connectivity index (χ0) is 25.8. The molecule has 0 saturated carbocycles. The van der Waals surface area contributed by atoms with Gasteiger partial charge in [-0.3, -0.25) is 4.79 Å². The van der Waals surface area contributed by atoms with E-state index in [1.54, 1.807) is 30.3 Å². The maximum absolute atomic E-state index is 11.2. The second kappa shape index (κ2) is 14.2. The SMILES string of the molecule is CC(=O)Oc1ccc(C(O)CNCCc2ccc(OCCCCc3cccc(O)c3)cc2)cc1CO. The van der Waals surface area contributed by atoms with Crippen molar-refractivity contribution in [1.29, 1.82) is 0 Å². The molecule has 3 rings (SSSR count). The zero-order valence-corrected chi connectivity index (χ0v) is 20.7. The van der Waals surface area contributed by atoms with Crippen LogP contribution < -0.4 is 14.8 Å². The summed E-state index contributed by atoms with van der Waals surface area (Å²) in [7, 11) is 0. The minimum Gasteiger partial charge on any atom is -0.508 e. The fourth-order valence-electron chi connectivity index (χ4n) is 3.86. The van der Waals surface area contributed by atoms with E-state index in [1.165, 1.54) is 12.5 Å². The molecule has 0 fully saturated rings. The van der Waals surface area contributed by atoms with E-state index in [9.17, 15) is 20.1 Å². The first-order valence-electron chi connectivity index (χ1n) is 12.2. The number of benzene rings is 3. The topological polar surface area (TPSA) is 108 Å². The van der Waals surface area contributed by atoms with Gasteiger partial charge in [-0.2, -0.15) is 0 Å². The number of aliphatic hydroxyl groups excluding tert-OH is 2. The number of hydrogen-bond acceptors (Lipinski definition) is 7. The number of aryl methyl sites for hydroxylation is 1. The number of esters is 1. The van der Waals surface area contributed by atoms with E-state index in [-0.39, 0.29) is 6.61 Å². The van der Waals surface area contributed by atoms with Gasteiger partial charge in [-0.25, -0.2) is 0 Å². The molecular weight excluding hydrogens is 458 g/mol. The number of ether oxygens (including phenoxy) is 2. The molecule has 7 heteroatoms. The molecule has 36 heavy (non-hydrogen) atoms. The molecule has 0 aromatic heterocycles. The average Bonchev–Trinajstić information content (AvgIpc) is 2.87. The van der Waals surface area contributed by atoms with Crippen LogP contribution in [-0.4, -0.2) is 41.0 Å². The summed E-state index contributed by atoms with van der Waals surface area (Å²) in [6, 6.07) is 20.3. The third-order valence-electron chi connectivity index (χ3n) is 5.78. The summed E-state index contributed by atoms with van der Waals surface area (Å²) in [5, 5.41) is 32.7. The van der Waals surface area contributed by atoms with Gasteiger partial charge in [-0.1, -0.05) is 30.3 Å². The fourth-order valence-corrected chi connectivity index (χ4v) is 3.86. The van der Waals surface area contributed by atoms with Crippen molar-refractivity contribution < 1.29 is 29.6 Å². The Bertz CT molecular complexity index is 1100. The number of nitrogens with one attached hydrogen (secondary N) is 1. The summed E-state index contributed by atoms with van der Waals surface area (Å²) in [6.07, 6.45) is 2.92.